The summed E-state index contributed by atoms with van der Waals surface area (Å²) < 4.78 is 0. The normalized spacial score (nSPS) is 25.5. The Morgan fingerprint density at radius 1 is 1.00 bits per heavy atom. The summed E-state index contributed by atoms with van der Waals surface area (Å²) in [5.74, 6) is 0. The van der Waals surface area contributed by atoms with Crippen molar-refractivity contribution in [1.82, 2.24) is 10.2 Å². The van der Waals surface area contributed by atoms with Crippen LogP contribution in [0.1, 0.15) is 64.2 Å². The zero-order valence-electron chi connectivity index (χ0n) is 12.5. The van der Waals surface area contributed by atoms with Gasteiger partial charge in [-0.25, -0.2) is 0 Å². The molecule has 0 amide bonds. The molecule has 0 radical (unpaired) electrons. The molecule has 0 spiro atoms. The van der Waals surface area contributed by atoms with Crippen LogP contribution in [-0.4, -0.2) is 38.1 Å². The zero-order valence-corrected chi connectivity index (χ0v) is 12.5. The van der Waals surface area contributed by atoms with Crippen LogP contribution < -0.4 is 5.32 Å². The molecule has 0 aromatic rings. The Bertz CT molecular complexity index is 225. The molecule has 2 saturated carbocycles. The van der Waals surface area contributed by atoms with E-state index in [0.717, 1.165) is 6.04 Å². The average Bonchev–Trinajstić information content (AvgIpc) is 2.66. The second-order valence-electron chi connectivity index (χ2n) is 6.80. The van der Waals surface area contributed by atoms with Gasteiger partial charge in [-0.3, -0.25) is 0 Å². The summed E-state index contributed by atoms with van der Waals surface area (Å²) in [6, 6.07) is 0.863. The van der Waals surface area contributed by atoms with Crippen molar-refractivity contribution in [1.29, 1.82) is 0 Å². The van der Waals surface area contributed by atoms with Gasteiger partial charge in [-0.15, -0.1) is 0 Å². The maximum absolute atomic E-state index is 3.44. The lowest BCUT2D eigenvalue weighted by molar-refractivity contribution is 0.127. The molecular formula is C16H32N2. The predicted octanol–water partition coefficient (Wildman–Crippen LogP) is 3.42. The standard InChI is InChI=1S/C16H32N2/c1-17-13-16(11-7-8-12-16)14-18(2)15-9-5-3-4-6-10-15/h15,17H,3-14H2,1-2H3. The minimum atomic E-state index is 0.579. The van der Waals surface area contributed by atoms with E-state index in [4.69, 9.17) is 0 Å². The smallest absolute Gasteiger partial charge is 0.00924 e. The third-order valence-corrected chi connectivity index (χ3v) is 5.25. The van der Waals surface area contributed by atoms with Gasteiger partial charge < -0.3 is 10.2 Å². The summed E-state index contributed by atoms with van der Waals surface area (Å²) in [5.41, 5.74) is 0.579. The second kappa shape index (κ2) is 6.91. The molecule has 2 aliphatic carbocycles. The van der Waals surface area contributed by atoms with Crippen molar-refractivity contribution in [3.63, 3.8) is 0 Å². The molecule has 2 fully saturated rings. The van der Waals surface area contributed by atoms with Crippen molar-refractivity contribution < 1.29 is 0 Å². The number of nitrogens with one attached hydrogen (secondary N) is 1. The van der Waals surface area contributed by atoms with Gasteiger partial charge >= 0.3 is 0 Å². The molecule has 0 atom stereocenters. The molecule has 0 aromatic heterocycles. The molecule has 2 rings (SSSR count). The Labute approximate surface area is 114 Å². The summed E-state index contributed by atoms with van der Waals surface area (Å²) in [6.07, 6.45) is 14.5. The zero-order chi connectivity index (χ0) is 12.8. The summed E-state index contributed by atoms with van der Waals surface area (Å²) >= 11 is 0. The molecule has 0 aliphatic heterocycles. The minimum Gasteiger partial charge on any atom is -0.319 e. The Hall–Kier alpha value is -0.0800. The Balaban J connectivity index is 1.89. The Morgan fingerprint density at radius 2 is 1.61 bits per heavy atom. The molecule has 0 heterocycles. The molecule has 0 saturated heterocycles. The summed E-state index contributed by atoms with van der Waals surface area (Å²) in [6.45, 7) is 2.53. The highest BCUT2D eigenvalue weighted by Crippen LogP contribution is 2.39. The van der Waals surface area contributed by atoms with E-state index in [2.05, 4.69) is 24.3 Å². The van der Waals surface area contributed by atoms with E-state index >= 15 is 0 Å². The van der Waals surface area contributed by atoms with E-state index in [0.29, 0.717) is 5.41 Å². The quantitative estimate of drug-likeness (QED) is 0.754. The molecule has 2 nitrogen and oxygen atoms in total. The van der Waals surface area contributed by atoms with Gasteiger partial charge in [0.25, 0.3) is 0 Å². The first-order valence-corrected chi connectivity index (χ1v) is 8.11. The molecule has 2 heteroatoms. The summed E-state index contributed by atoms with van der Waals surface area (Å²) in [7, 11) is 4.50. The fraction of sp³-hybridized carbons (Fsp3) is 1.00. The maximum Gasteiger partial charge on any atom is 0.00924 e. The molecule has 0 bridgehead atoms. The van der Waals surface area contributed by atoms with Gasteiger partial charge in [-0.1, -0.05) is 38.5 Å². The maximum atomic E-state index is 3.44. The molecule has 18 heavy (non-hydrogen) atoms. The van der Waals surface area contributed by atoms with Gasteiger partial charge in [0, 0.05) is 19.1 Å². The van der Waals surface area contributed by atoms with Gasteiger partial charge in [-0.05, 0) is 45.2 Å². The van der Waals surface area contributed by atoms with Gasteiger partial charge in [0.1, 0.15) is 0 Å². The molecule has 2 aliphatic rings. The molecule has 1 N–H and O–H groups in total. The number of rotatable bonds is 5. The summed E-state index contributed by atoms with van der Waals surface area (Å²) in [5, 5.41) is 3.44. The van der Waals surface area contributed by atoms with Gasteiger partial charge in [0.2, 0.25) is 0 Å². The van der Waals surface area contributed by atoms with Crippen LogP contribution in [0.25, 0.3) is 0 Å². The lowest BCUT2D eigenvalue weighted by Crippen LogP contribution is -2.44. The third-order valence-electron chi connectivity index (χ3n) is 5.25. The summed E-state index contributed by atoms with van der Waals surface area (Å²) in [4.78, 5) is 2.70. The predicted molar refractivity (Wildman–Crippen MR) is 78.9 cm³/mol. The first-order chi connectivity index (χ1) is 8.76. The molecule has 106 valence electrons. The van der Waals surface area contributed by atoms with Crippen LogP contribution in [0.4, 0.5) is 0 Å². The van der Waals surface area contributed by atoms with E-state index in [9.17, 15) is 0 Å². The van der Waals surface area contributed by atoms with Crippen LogP contribution in [0.15, 0.2) is 0 Å². The number of hydrogen-bond acceptors (Lipinski definition) is 2. The van der Waals surface area contributed by atoms with E-state index in [-0.39, 0.29) is 0 Å². The van der Waals surface area contributed by atoms with Crippen LogP contribution >= 0.6 is 0 Å². The van der Waals surface area contributed by atoms with E-state index < -0.39 is 0 Å². The van der Waals surface area contributed by atoms with Crippen LogP contribution in [-0.2, 0) is 0 Å². The van der Waals surface area contributed by atoms with Crippen LogP contribution in [0, 0.1) is 5.41 Å². The van der Waals surface area contributed by atoms with Crippen molar-refractivity contribution in [2.45, 2.75) is 70.3 Å². The van der Waals surface area contributed by atoms with Crippen LogP contribution in [0.3, 0.4) is 0 Å². The third kappa shape index (κ3) is 3.71. The van der Waals surface area contributed by atoms with Crippen molar-refractivity contribution >= 4 is 0 Å². The lowest BCUT2D eigenvalue weighted by Gasteiger charge is -2.37. The topological polar surface area (TPSA) is 15.3 Å². The van der Waals surface area contributed by atoms with E-state index in [1.165, 1.54) is 77.3 Å². The van der Waals surface area contributed by atoms with Gasteiger partial charge in [0.15, 0.2) is 0 Å². The van der Waals surface area contributed by atoms with Gasteiger partial charge in [0.05, 0.1) is 0 Å². The first kappa shape index (κ1) is 14.3. The lowest BCUT2D eigenvalue weighted by atomic mass is 9.85. The molecular weight excluding hydrogens is 220 g/mol. The fourth-order valence-corrected chi connectivity index (χ4v) is 4.25. The monoisotopic (exact) mass is 252 g/mol. The van der Waals surface area contributed by atoms with Crippen molar-refractivity contribution in [3.8, 4) is 0 Å². The number of nitrogens with zero attached hydrogens (tertiary/aromatic N) is 1. The van der Waals surface area contributed by atoms with Crippen molar-refractivity contribution in [3.05, 3.63) is 0 Å². The number of hydrogen-bond donors (Lipinski definition) is 1. The Kier molecular flexibility index (Phi) is 5.50. The second-order valence-corrected chi connectivity index (χ2v) is 6.80. The van der Waals surface area contributed by atoms with E-state index in [1.807, 2.05) is 0 Å². The van der Waals surface area contributed by atoms with Crippen molar-refractivity contribution in [2.24, 2.45) is 5.41 Å². The van der Waals surface area contributed by atoms with Crippen LogP contribution in [0.5, 0.6) is 0 Å². The molecule has 0 unspecified atom stereocenters. The average molecular weight is 252 g/mol. The Morgan fingerprint density at radius 3 is 2.17 bits per heavy atom. The fourth-order valence-electron chi connectivity index (χ4n) is 4.25. The highest BCUT2D eigenvalue weighted by atomic mass is 15.1. The first-order valence-electron chi connectivity index (χ1n) is 8.11. The van der Waals surface area contributed by atoms with Gasteiger partial charge in [-0.2, -0.15) is 0 Å². The molecule has 0 aromatic carbocycles. The largest absolute Gasteiger partial charge is 0.319 e. The highest BCUT2D eigenvalue weighted by Gasteiger charge is 2.35. The van der Waals surface area contributed by atoms with Crippen LogP contribution in [0.2, 0.25) is 0 Å². The highest BCUT2D eigenvalue weighted by molar-refractivity contribution is 4.90. The minimum absolute atomic E-state index is 0.579. The SMILES string of the molecule is CNCC1(CN(C)C2CCCCCC2)CCCC1. The van der Waals surface area contributed by atoms with E-state index in [1.54, 1.807) is 0 Å². The van der Waals surface area contributed by atoms with Crippen molar-refractivity contribution in [2.75, 3.05) is 27.2 Å².